The van der Waals surface area contributed by atoms with Gasteiger partial charge in [-0.1, -0.05) is 36.4 Å². The summed E-state index contributed by atoms with van der Waals surface area (Å²) < 4.78 is 6.07. The molecule has 1 aliphatic heterocycles. The molecule has 0 saturated heterocycles. The largest absolute Gasteiger partial charge is 0.489 e. The number of rotatable bonds is 7. The minimum atomic E-state index is -0.765. The van der Waals surface area contributed by atoms with Gasteiger partial charge in [0.1, 0.15) is 12.4 Å². The van der Waals surface area contributed by atoms with Gasteiger partial charge < -0.3 is 14.7 Å². The number of carboxylic acid groups (broad SMARTS) is 1. The Bertz CT molecular complexity index is 776. The molecule has 1 N–H and O–H groups in total. The predicted octanol–water partition coefficient (Wildman–Crippen LogP) is 3.98. The van der Waals surface area contributed by atoms with Crippen LogP contribution in [0.25, 0.3) is 0 Å². The second-order valence-electron chi connectivity index (χ2n) is 6.81. The molecule has 1 atom stereocenters. The average Bonchev–Trinajstić information content (AvgIpc) is 2.77. The summed E-state index contributed by atoms with van der Waals surface area (Å²) in [4.78, 5) is 13.1. The minimum Gasteiger partial charge on any atom is -0.489 e. The van der Waals surface area contributed by atoms with Crippen molar-refractivity contribution in [3.8, 4) is 5.75 Å². The van der Waals surface area contributed by atoms with E-state index in [0.29, 0.717) is 13.0 Å². The van der Waals surface area contributed by atoms with Gasteiger partial charge >= 0.3 is 5.97 Å². The molecule has 0 bridgehead atoms. The maximum Gasteiger partial charge on any atom is 0.303 e. The molecule has 26 heavy (non-hydrogen) atoms. The molecule has 0 aliphatic carbocycles. The molecule has 1 heterocycles. The first kappa shape index (κ1) is 18.8. The summed E-state index contributed by atoms with van der Waals surface area (Å²) in [6, 6.07) is 14.6. The zero-order valence-corrected chi connectivity index (χ0v) is 16.1. The number of hydrogen-bond acceptors (Lipinski definition) is 4. The number of hydrogen-bond donors (Lipinski definition) is 1. The van der Waals surface area contributed by atoms with Gasteiger partial charge in [-0.2, -0.15) is 0 Å². The van der Waals surface area contributed by atoms with Crippen LogP contribution in [0.15, 0.2) is 42.5 Å². The van der Waals surface area contributed by atoms with Crippen molar-refractivity contribution in [2.75, 3.05) is 26.4 Å². The van der Waals surface area contributed by atoms with Crippen LogP contribution in [0.1, 0.15) is 33.9 Å². The number of thioether (sulfide) groups is 1. The number of fused-ring (bicyclic) bond motifs is 2. The fraction of sp³-hybridized carbons (Fsp3) is 0.381. The van der Waals surface area contributed by atoms with Crippen molar-refractivity contribution in [3.05, 3.63) is 64.7 Å². The van der Waals surface area contributed by atoms with Crippen molar-refractivity contribution < 1.29 is 14.6 Å². The quantitative estimate of drug-likeness (QED) is 0.798. The summed E-state index contributed by atoms with van der Waals surface area (Å²) in [6.07, 6.45) is 0.689. The average molecular weight is 372 g/mol. The third kappa shape index (κ3) is 4.59. The summed E-state index contributed by atoms with van der Waals surface area (Å²) in [5.41, 5.74) is 4.72. The van der Waals surface area contributed by atoms with Gasteiger partial charge in [0.05, 0.1) is 5.25 Å². The van der Waals surface area contributed by atoms with Crippen LogP contribution in [0, 0.1) is 0 Å². The number of carbonyl (C=O) groups is 1. The van der Waals surface area contributed by atoms with Crippen LogP contribution in [-0.4, -0.2) is 42.4 Å². The predicted molar refractivity (Wildman–Crippen MR) is 106 cm³/mol. The van der Waals surface area contributed by atoms with Gasteiger partial charge in [0.2, 0.25) is 0 Å². The van der Waals surface area contributed by atoms with E-state index < -0.39 is 5.97 Å². The molecular weight excluding hydrogens is 346 g/mol. The van der Waals surface area contributed by atoms with Gasteiger partial charge in [-0.15, -0.1) is 11.8 Å². The molecule has 0 radical (unpaired) electrons. The third-order valence-corrected chi connectivity index (χ3v) is 5.79. The van der Waals surface area contributed by atoms with E-state index in [-0.39, 0.29) is 11.7 Å². The Morgan fingerprint density at radius 3 is 2.81 bits per heavy atom. The van der Waals surface area contributed by atoms with Crippen molar-refractivity contribution in [1.29, 1.82) is 0 Å². The van der Waals surface area contributed by atoms with E-state index in [1.165, 1.54) is 11.1 Å². The van der Waals surface area contributed by atoms with Gasteiger partial charge in [0.25, 0.3) is 0 Å². The molecule has 1 aliphatic rings. The number of ether oxygens (including phenoxy) is 1. The standard InChI is InChI=1S/C21H25NO3S/c1-22(2)11-12-26-21-17-6-4-3-5-16(17)14-25-19-9-7-15(13-18(19)21)8-10-20(23)24/h3-7,9,13,21H,8,10-12,14H2,1-2H3,(H,23,24). The fourth-order valence-corrected chi connectivity index (χ4v) is 4.60. The molecule has 0 aromatic heterocycles. The zero-order valence-electron chi connectivity index (χ0n) is 15.3. The monoisotopic (exact) mass is 371 g/mol. The van der Waals surface area contributed by atoms with Gasteiger partial charge in [-0.25, -0.2) is 0 Å². The molecule has 3 rings (SSSR count). The minimum absolute atomic E-state index is 0.147. The lowest BCUT2D eigenvalue weighted by atomic mass is 9.97. The second-order valence-corrected chi connectivity index (χ2v) is 8.02. The van der Waals surface area contributed by atoms with Gasteiger partial charge in [-0.3, -0.25) is 4.79 Å². The first-order chi connectivity index (χ1) is 12.5. The molecule has 5 heteroatoms. The highest BCUT2D eigenvalue weighted by molar-refractivity contribution is 7.99. The first-order valence-corrected chi connectivity index (χ1v) is 9.91. The van der Waals surface area contributed by atoms with Crippen LogP contribution in [0.3, 0.4) is 0 Å². The topological polar surface area (TPSA) is 49.8 Å². The number of aryl methyl sites for hydroxylation is 1. The summed E-state index contributed by atoms with van der Waals surface area (Å²) in [5.74, 6) is 1.16. The van der Waals surface area contributed by atoms with Crippen molar-refractivity contribution >= 4 is 17.7 Å². The fourth-order valence-electron chi connectivity index (χ4n) is 3.12. The van der Waals surface area contributed by atoms with E-state index in [2.05, 4.69) is 49.3 Å². The Hall–Kier alpha value is -1.98. The third-order valence-electron chi connectivity index (χ3n) is 4.53. The van der Waals surface area contributed by atoms with Crippen LogP contribution >= 0.6 is 11.8 Å². The molecule has 0 fully saturated rings. The summed E-state index contributed by atoms with van der Waals surface area (Å²) in [7, 11) is 4.17. The van der Waals surface area contributed by atoms with Crippen LogP contribution in [0.4, 0.5) is 0 Å². The molecule has 138 valence electrons. The molecule has 0 spiro atoms. The van der Waals surface area contributed by atoms with E-state index in [9.17, 15) is 4.79 Å². The van der Waals surface area contributed by atoms with E-state index in [0.717, 1.165) is 29.2 Å². The maximum absolute atomic E-state index is 10.9. The molecule has 0 amide bonds. The van der Waals surface area contributed by atoms with E-state index in [1.807, 2.05) is 23.9 Å². The van der Waals surface area contributed by atoms with Gasteiger partial charge in [-0.05, 0) is 43.3 Å². The summed E-state index contributed by atoms with van der Waals surface area (Å²) in [6.45, 7) is 1.58. The smallest absolute Gasteiger partial charge is 0.303 e. The lowest BCUT2D eigenvalue weighted by Crippen LogP contribution is -2.15. The Kier molecular flexibility index (Phi) is 6.22. The first-order valence-electron chi connectivity index (χ1n) is 8.86. The number of aliphatic carboxylic acids is 1. The van der Waals surface area contributed by atoms with Crippen LogP contribution < -0.4 is 4.74 Å². The molecule has 1 unspecified atom stereocenters. The van der Waals surface area contributed by atoms with Crippen molar-refractivity contribution in [2.24, 2.45) is 0 Å². The molecule has 2 aromatic carbocycles. The zero-order chi connectivity index (χ0) is 18.5. The van der Waals surface area contributed by atoms with Crippen molar-refractivity contribution in [3.63, 3.8) is 0 Å². The maximum atomic E-state index is 10.9. The van der Waals surface area contributed by atoms with Crippen LogP contribution in [0.2, 0.25) is 0 Å². The van der Waals surface area contributed by atoms with E-state index in [1.54, 1.807) is 0 Å². The SMILES string of the molecule is CN(C)CCSC1c2ccccc2COc2ccc(CCC(=O)O)cc21. The van der Waals surface area contributed by atoms with Crippen molar-refractivity contribution in [1.82, 2.24) is 4.90 Å². The van der Waals surface area contributed by atoms with Gasteiger partial charge in [0, 0.05) is 24.3 Å². The van der Waals surface area contributed by atoms with Crippen LogP contribution in [0.5, 0.6) is 5.75 Å². The molecular formula is C21H25NO3S. The van der Waals surface area contributed by atoms with Gasteiger partial charge in [0.15, 0.2) is 0 Å². The van der Waals surface area contributed by atoms with Crippen LogP contribution in [-0.2, 0) is 17.8 Å². The van der Waals surface area contributed by atoms with E-state index in [4.69, 9.17) is 9.84 Å². The molecule has 4 nitrogen and oxygen atoms in total. The lowest BCUT2D eigenvalue weighted by molar-refractivity contribution is -0.136. The lowest BCUT2D eigenvalue weighted by Gasteiger charge is -2.20. The highest BCUT2D eigenvalue weighted by Gasteiger charge is 2.25. The highest BCUT2D eigenvalue weighted by atomic mass is 32.2. The Balaban J connectivity index is 1.94. The number of benzene rings is 2. The second kappa shape index (κ2) is 8.60. The normalized spacial score (nSPS) is 15.7. The Morgan fingerprint density at radius 1 is 1.23 bits per heavy atom. The summed E-state index contributed by atoms with van der Waals surface area (Å²) in [5, 5.41) is 9.18. The molecule has 2 aromatic rings. The number of nitrogens with zero attached hydrogens (tertiary/aromatic N) is 1. The molecule has 0 saturated carbocycles. The van der Waals surface area contributed by atoms with E-state index >= 15 is 0 Å². The highest BCUT2D eigenvalue weighted by Crippen LogP contribution is 2.44. The number of carboxylic acids is 1. The Morgan fingerprint density at radius 2 is 2.04 bits per heavy atom. The Labute approximate surface area is 159 Å². The van der Waals surface area contributed by atoms with Crippen molar-refractivity contribution in [2.45, 2.75) is 24.7 Å². The summed E-state index contributed by atoms with van der Waals surface area (Å²) >= 11 is 1.92.